The average molecular weight is 170 g/mol. The molecule has 0 heterocycles. The van der Waals surface area contributed by atoms with Crippen molar-refractivity contribution < 1.29 is 16.1 Å². The Morgan fingerprint density at radius 2 is 1.45 bits per heavy atom. The highest BCUT2D eigenvalue weighted by atomic mass is 16.2. The molecule has 0 spiro atoms. The summed E-state index contributed by atoms with van der Waals surface area (Å²) in [6, 6.07) is 0. The van der Waals surface area contributed by atoms with E-state index in [-0.39, 0.29) is 17.6 Å². The minimum Gasteiger partial charge on any atom is -0.412 e. The van der Waals surface area contributed by atoms with Gasteiger partial charge in [-0.15, -0.1) is 0 Å². The predicted octanol–water partition coefficient (Wildman–Crippen LogP) is -2.14. The quantitative estimate of drug-likeness (QED) is 0.493. The van der Waals surface area contributed by atoms with E-state index < -0.39 is 0 Å². The zero-order chi connectivity index (χ0) is 7.70. The molecule has 0 aromatic rings. The van der Waals surface area contributed by atoms with E-state index in [4.69, 9.17) is 10.8 Å². The van der Waals surface area contributed by atoms with Gasteiger partial charge in [0.15, 0.2) is 0 Å². The van der Waals surface area contributed by atoms with Gasteiger partial charge < -0.3 is 26.7 Å². The van der Waals surface area contributed by atoms with E-state index in [0.29, 0.717) is 6.54 Å². The molecule has 0 radical (unpaired) electrons. The second-order valence-electron chi connectivity index (χ2n) is 2.21. The van der Waals surface area contributed by atoms with Gasteiger partial charge in [0, 0.05) is 6.61 Å². The van der Waals surface area contributed by atoms with Gasteiger partial charge in [0.25, 0.3) is 0 Å². The lowest BCUT2D eigenvalue weighted by atomic mass is 10.5. The van der Waals surface area contributed by atoms with Crippen molar-refractivity contribution in [2.75, 3.05) is 34.3 Å². The monoisotopic (exact) mass is 170 g/mol. The van der Waals surface area contributed by atoms with E-state index in [0.717, 1.165) is 6.42 Å². The highest BCUT2D eigenvalue weighted by Gasteiger charge is 1.69. The van der Waals surface area contributed by atoms with Crippen LogP contribution in [0.2, 0.25) is 0 Å². The molecular formula is C6H22N2O3. The van der Waals surface area contributed by atoms with Gasteiger partial charge in [-0.3, -0.25) is 0 Å². The van der Waals surface area contributed by atoms with Gasteiger partial charge in [0.2, 0.25) is 0 Å². The molecule has 0 unspecified atom stereocenters. The second-order valence-corrected chi connectivity index (χ2v) is 2.21. The Kier molecular flexibility index (Phi) is 46.0. The Labute approximate surface area is 68.4 Å². The van der Waals surface area contributed by atoms with Crippen LogP contribution in [0, 0.1) is 0 Å². The van der Waals surface area contributed by atoms with Crippen LogP contribution < -0.4 is 5.73 Å². The minimum absolute atomic E-state index is 0. The van der Waals surface area contributed by atoms with Crippen molar-refractivity contribution in [3.05, 3.63) is 0 Å². The molecule has 0 aromatic carbocycles. The van der Waals surface area contributed by atoms with Crippen molar-refractivity contribution in [1.82, 2.24) is 4.90 Å². The molecule has 0 amide bonds. The molecule has 0 atom stereocenters. The third kappa shape index (κ3) is 184. The fraction of sp³-hybridized carbons (Fsp3) is 1.00. The molecule has 0 aliphatic heterocycles. The average Bonchev–Trinajstić information content (AvgIpc) is 1.66. The Morgan fingerprint density at radius 1 is 1.18 bits per heavy atom. The maximum absolute atomic E-state index is 7.99. The van der Waals surface area contributed by atoms with Gasteiger partial charge in [0.05, 0.1) is 0 Å². The van der Waals surface area contributed by atoms with E-state index in [1.165, 1.54) is 0 Å². The van der Waals surface area contributed by atoms with Crippen molar-refractivity contribution in [2.45, 2.75) is 6.42 Å². The molecule has 0 bridgehead atoms. The topological polar surface area (TPSA) is 112 Å². The zero-order valence-electron chi connectivity index (χ0n) is 7.59. The highest BCUT2D eigenvalue weighted by molar-refractivity contribution is 4.28. The SMILES string of the molecule is CN(C)C.NCCCO.O.O. The molecule has 0 aliphatic rings. The second kappa shape index (κ2) is 22.6. The third-order valence-electron chi connectivity index (χ3n) is 0.362. The molecule has 0 aromatic heterocycles. The van der Waals surface area contributed by atoms with E-state index >= 15 is 0 Å². The maximum Gasteiger partial charge on any atom is 0.0443 e. The van der Waals surface area contributed by atoms with E-state index in [1.807, 2.05) is 26.0 Å². The first-order valence-corrected chi connectivity index (χ1v) is 3.07. The lowest BCUT2D eigenvalue weighted by molar-refractivity contribution is 0.291. The summed E-state index contributed by atoms with van der Waals surface area (Å²) < 4.78 is 0. The summed E-state index contributed by atoms with van der Waals surface area (Å²) in [5.41, 5.74) is 4.98. The largest absolute Gasteiger partial charge is 0.412 e. The Hall–Kier alpha value is -0.200. The van der Waals surface area contributed by atoms with Gasteiger partial charge in [-0.05, 0) is 34.1 Å². The van der Waals surface area contributed by atoms with Gasteiger partial charge in [-0.2, -0.15) is 0 Å². The van der Waals surface area contributed by atoms with E-state index in [9.17, 15) is 0 Å². The summed E-state index contributed by atoms with van der Waals surface area (Å²) >= 11 is 0. The van der Waals surface area contributed by atoms with Crippen LogP contribution in [0.25, 0.3) is 0 Å². The molecule has 0 fully saturated rings. The lowest BCUT2D eigenvalue weighted by Gasteiger charge is -1.90. The zero-order valence-corrected chi connectivity index (χ0v) is 7.59. The first-order valence-electron chi connectivity index (χ1n) is 3.07. The molecule has 5 nitrogen and oxygen atoms in total. The van der Waals surface area contributed by atoms with Gasteiger partial charge in [-0.1, -0.05) is 0 Å². The van der Waals surface area contributed by atoms with Crippen molar-refractivity contribution >= 4 is 0 Å². The van der Waals surface area contributed by atoms with Gasteiger partial charge >= 0.3 is 0 Å². The fourth-order valence-corrected chi connectivity index (χ4v) is 0.0913. The van der Waals surface area contributed by atoms with Crippen LogP contribution in [-0.2, 0) is 0 Å². The van der Waals surface area contributed by atoms with Crippen molar-refractivity contribution in [3.63, 3.8) is 0 Å². The number of hydrogen-bond donors (Lipinski definition) is 2. The number of rotatable bonds is 2. The van der Waals surface area contributed by atoms with Crippen LogP contribution in [0.1, 0.15) is 6.42 Å². The Morgan fingerprint density at radius 3 is 1.45 bits per heavy atom. The first kappa shape index (κ1) is 22.4. The standard InChI is InChI=1S/C3H9NO.C3H9N.2H2O/c4-2-1-3-5;1-4(2)3;;/h5H,1-4H2;1-3H3;2*1H2. The van der Waals surface area contributed by atoms with Crippen LogP contribution >= 0.6 is 0 Å². The molecule has 5 heteroatoms. The lowest BCUT2D eigenvalue weighted by Crippen LogP contribution is -1.99. The Bertz CT molecular complexity index is 40.1. The van der Waals surface area contributed by atoms with Crippen molar-refractivity contribution in [2.24, 2.45) is 5.73 Å². The van der Waals surface area contributed by atoms with Crippen LogP contribution in [0.15, 0.2) is 0 Å². The Balaban J connectivity index is -0.0000000383. The molecule has 74 valence electrons. The number of aliphatic hydroxyl groups is 1. The summed E-state index contributed by atoms with van der Waals surface area (Å²) in [5, 5.41) is 7.99. The number of nitrogens with two attached hydrogens (primary N) is 1. The smallest absolute Gasteiger partial charge is 0.0443 e. The molecule has 0 rings (SSSR count). The van der Waals surface area contributed by atoms with E-state index in [1.54, 1.807) is 0 Å². The summed E-state index contributed by atoms with van der Waals surface area (Å²) in [7, 11) is 6.00. The molecule has 0 saturated heterocycles. The molecule has 11 heavy (non-hydrogen) atoms. The maximum atomic E-state index is 7.99. The van der Waals surface area contributed by atoms with Crippen LogP contribution in [-0.4, -0.2) is 55.3 Å². The van der Waals surface area contributed by atoms with Crippen LogP contribution in [0.5, 0.6) is 0 Å². The number of nitrogens with zero attached hydrogens (tertiary/aromatic N) is 1. The third-order valence-corrected chi connectivity index (χ3v) is 0.362. The normalized spacial score (nSPS) is 7.09. The number of aliphatic hydroxyl groups excluding tert-OH is 1. The molecule has 0 saturated carbocycles. The minimum atomic E-state index is 0. The van der Waals surface area contributed by atoms with E-state index in [2.05, 4.69) is 0 Å². The number of hydrogen-bond acceptors (Lipinski definition) is 3. The van der Waals surface area contributed by atoms with Gasteiger partial charge in [-0.25, -0.2) is 0 Å². The van der Waals surface area contributed by atoms with Crippen LogP contribution in [0.3, 0.4) is 0 Å². The summed E-state index contributed by atoms with van der Waals surface area (Å²) in [5.74, 6) is 0. The fourth-order valence-electron chi connectivity index (χ4n) is 0.0913. The summed E-state index contributed by atoms with van der Waals surface area (Å²) in [6.45, 7) is 0.812. The predicted molar refractivity (Wildman–Crippen MR) is 47.6 cm³/mol. The molecule has 7 N–H and O–H groups in total. The molecule has 0 aliphatic carbocycles. The van der Waals surface area contributed by atoms with Crippen molar-refractivity contribution in [3.8, 4) is 0 Å². The summed E-state index contributed by atoms with van der Waals surface area (Å²) in [4.78, 5) is 2.00. The van der Waals surface area contributed by atoms with Crippen molar-refractivity contribution in [1.29, 1.82) is 0 Å². The molecular weight excluding hydrogens is 148 g/mol. The van der Waals surface area contributed by atoms with Crippen LogP contribution in [0.4, 0.5) is 0 Å². The summed E-state index contributed by atoms with van der Waals surface area (Å²) in [6.07, 6.45) is 0.722. The van der Waals surface area contributed by atoms with Gasteiger partial charge in [0.1, 0.15) is 0 Å². The highest BCUT2D eigenvalue weighted by Crippen LogP contribution is 1.62. The first-order chi connectivity index (χ1) is 4.15.